The first kappa shape index (κ1) is 19.3. The van der Waals surface area contributed by atoms with E-state index in [1.165, 1.54) is 6.07 Å². The molecule has 0 aromatic carbocycles. The van der Waals surface area contributed by atoms with Gasteiger partial charge in [-0.05, 0) is 29.8 Å². The summed E-state index contributed by atoms with van der Waals surface area (Å²) in [5.74, 6) is -0.695. The Labute approximate surface area is 163 Å². The molecule has 0 unspecified atom stereocenters. The van der Waals surface area contributed by atoms with Gasteiger partial charge in [-0.2, -0.15) is 21.6 Å². The van der Waals surface area contributed by atoms with E-state index >= 15 is 0 Å². The van der Waals surface area contributed by atoms with Crippen LogP contribution in [0.15, 0.2) is 35.2 Å². The summed E-state index contributed by atoms with van der Waals surface area (Å²) in [7, 11) is -4.39. The molecular weight excluding hydrogens is 415 g/mol. The Hall–Kier alpha value is -3.02. The fraction of sp³-hybridized carbons (Fsp3) is 0.294. The van der Waals surface area contributed by atoms with Crippen molar-refractivity contribution in [3.05, 3.63) is 36.0 Å². The van der Waals surface area contributed by atoms with Crippen LogP contribution in [-0.4, -0.2) is 55.7 Å². The van der Waals surface area contributed by atoms with Gasteiger partial charge in [0.05, 0.1) is 0 Å². The van der Waals surface area contributed by atoms with Crippen molar-refractivity contribution >= 4 is 21.9 Å². The van der Waals surface area contributed by atoms with E-state index in [9.17, 15) is 26.4 Å². The standard InChI is InChI=1S/C17H14F3N3O5S/c18-17(19,20)14-4-2-12(22-5-7-23(8-6-22)16(24)25)15(21-14)28-29(26,27)13-3-1-10-9-11(10)13/h1-4,9H,5-8H2,(H,24,25). The number of amides is 1. The predicted octanol–water partition coefficient (Wildman–Crippen LogP) is 2.65. The van der Waals surface area contributed by atoms with Gasteiger partial charge in [-0.25, -0.2) is 9.78 Å². The Morgan fingerprint density at radius 3 is 2.31 bits per heavy atom. The number of halogens is 3. The van der Waals surface area contributed by atoms with Crippen LogP contribution in [0.5, 0.6) is 5.88 Å². The van der Waals surface area contributed by atoms with Crippen molar-refractivity contribution in [3.63, 3.8) is 0 Å². The lowest BCUT2D eigenvalue weighted by molar-refractivity contribution is -0.141. The van der Waals surface area contributed by atoms with Gasteiger partial charge in [-0.15, -0.1) is 0 Å². The van der Waals surface area contributed by atoms with Crippen LogP contribution in [0.1, 0.15) is 5.69 Å². The highest BCUT2D eigenvalue weighted by molar-refractivity contribution is 7.87. The van der Waals surface area contributed by atoms with Gasteiger partial charge < -0.3 is 19.1 Å². The first-order chi connectivity index (χ1) is 13.6. The van der Waals surface area contributed by atoms with E-state index in [2.05, 4.69) is 4.98 Å². The van der Waals surface area contributed by atoms with Gasteiger partial charge in [0.2, 0.25) is 0 Å². The second-order valence-corrected chi connectivity index (χ2v) is 8.04. The van der Waals surface area contributed by atoms with Crippen molar-refractivity contribution < 1.29 is 35.7 Å². The fourth-order valence-corrected chi connectivity index (χ4v) is 4.23. The molecule has 154 valence electrons. The van der Waals surface area contributed by atoms with Crippen LogP contribution in [0.4, 0.5) is 23.7 Å². The van der Waals surface area contributed by atoms with Crippen molar-refractivity contribution in [2.45, 2.75) is 11.1 Å². The van der Waals surface area contributed by atoms with Gasteiger partial charge in [0, 0.05) is 31.7 Å². The Bertz CT molecular complexity index is 1100. The predicted molar refractivity (Wildman–Crippen MR) is 94.3 cm³/mol. The first-order valence-corrected chi connectivity index (χ1v) is 9.87. The molecule has 3 aliphatic rings. The van der Waals surface area contributed by atoms with Crippen molar-refractivity contribution in [2.24, 2.45) is 0 Å². The Morgan fingerprint density at radius 1 is 1.10 bits per heavy atom. The Kier molecular flexibility index (Phi) is 4.33. The van der Waals surface area contributed by atoms with Crippen molar-refractivity contribution in [1.29, 1.82) is 0 Å². The molecule has 12 heteroatoms. The second kappa shape index (κ2) is 6.51. The maximum atomic E-state index is 13.1. The van der Waals surface area contributed by atoms with Crippen LogP contribution in [0.2, 0.25) is 0 Å². The quantitative estimate of drug-likeness (QED) is 0.637. The molecule has 8 nitrogen and oxygen atoms in total. The summed E-state index contributed by atoms with van der Waals surface area (Å²) in [5, 5.41) is 9.03. The number of hydrogen-bond donors (Lipinski definition) is 1. The average molecular weight is 429 g/mol. The van der Waals surface area contributed by atoms with E-state index in [4.69, 9.17) is 9.29 Å². The van der Waals surface area contributed by atoms with Crippen LogP contribution >= 0.6 is 0 Å². The van der Waals surface area contributed by atoms with Crippen LogP contribution in [-0.2, 0) is 16.3 Å². The lowest BCUT2D eigenvalue weighted by Gasteiger charge is -2.35. The largest absolute Gasteiger partial charge is 0.465 e. The number of piperazine rings is 1. The summed E-state index contributed by atoms with van der Waals surface area (Å²) in [6.07, 6.45) is -5.90. The lowest BCUT2D eigenvalue weighted by atomic mass is 10.2. The number of fused-ring (bicyclic) bond motifs is 1. The third kappa shape index (κ3) is 3.67. The summed E-state index contributed by atoms with van der Waals surface area (Å²) in [4.78, 5) is 17.0. The third-order valence-electron chi connectivity index (χ3n) is 4.69. The maximum absolute atomic E-state index is 13.1. The smallest absolute Gasteiger partial charge is 0.433 e. The number of nitrogens with zero attached hydrogens (tertiary/aromatic N) is 3. The molecule has 0 spiro atoms. The van der Waals surface area contributed by atoms with E-state index in [0.29, 0.717) is 5.56 Å². The van der Waals surface area contributed by atoms with E-state index in [1.54, 1.807) is 17.0 Å². The van der Waals surface area contributed by atoms with Gasteiger partial charge in [-0.3, -0.25) is 0 Å². The SMILES string of the molecule is O=C(O)N1CCN(c2ccc(C(F)(F)F)nc2OS(=O)(=O)c2ccc3cc2-3)CC1. The molecule has 1 aromatic rings. The zero-order valence-corrected chi connectivity index (χ0v) is 15.5. The number of rotatable bonds is 4. The minimum absolute atomic E-state index is 0.0446. The highest BCUT2D eigenvalue weighted by Gasteiger charge is 2.36. The van der Waals surface area contributed by atoms with Crippen LogP contribution in [0.3, 0.4) is 0 Å². The van der Waals surface area contributed by atoms with E-state index in [0.717, 1.165) is 22.6 Å². The summed E-state index contributed by atoms with van der Waals surface area (Å²) < 4.78 is 69.5. The van der Waals surface area contributed by atoms with E-state index < -0.39 is 34.0 Å². The molecule has 1 saturated heterocycles. The number of hydrogen-bond acceptors (Lipinski definition) is 6. The van der Waals surface area contributed by atoms with Gasteiger partial charge in [0.1, 0.15) is 16.3 Å². The molecule has 0 bridgehead atoms. The van der Waals surface area contributed by atoms with E-state index in [-0.39, 0.29) is 36.8 Å². The fourth-order valence-electron chi connectivity index (χ4n) is 3.12. The summed E-state index contributed by atoms with van der Waals surface area (Å²) >= 11 is 0. The average Bonchev–Trinajstić information content (AvgIpc) is 3.29. The van der Waals surface area contributed by atoms with Crippen LogP contribution < -0.4 is 9.08 Å². The normalized spacial score (nSPS) is 16.0. The molecule has 1 fully saturated rings. The molecule has 0 atom stereocenters. The zero-order valence-electron chi connectivity index (χ0n) is 14.7. The number of carboxylic acid groups (broad SMARTS) is 1. The summed E-state index contributed by atoms with van der Waals surface area (Å²) in [6, 6.07) is 6.31. The number of alkyl halides is 3. The molecule has 1 amide bonds. The molecule has 1 aliphatic heterocycles. The summed E-state index contributed by atoms with van der Waals surface area (Å²) in [6.45, 7) is 0.506. The molecule has 4 rings (SSSR count). The van der Waals surface area contributed by atoms with Crippen LogP contribution in [0, 0.1) is 0 Å². The molecule has 2 heterocycles. The number of carbonyl (C=O) groups is 1. The highest BCUT2D eigenvalue weighted by Crippen LogP contribution is 2.42. The molecular formula is C17H14F3N3O5S. The monoisotopic (exact) mass is 429 g/mol. The second-order valence-electron chi connectivity index (χ2n) is 6.52. The minimum Gasteiger partial charge on any atom is -0.465 e. The molecule has 1 aromatic heterocycles. The van der Waals surface area contributed by atoms with E-state index in [1.807, 2.05) is 0 Å². The maximum Gasteiger partial charge on any atom is 0.433 e. The number of pyridine rings is 1. The number of anilines is 1. The van der Waals surface area contributed by atoms with Gasteiger partial charge >= 0.3 is 22.4 Å². The molecule has 0 radical (unpaired) electrons. The van der Waals surface area contributed by atoms with Crippen molar-refractivity contribution in [2.75, 3.05) is 31.1 Å². The van der Waals surface area contributed by atoms with Gasteiger partial charge in [0.15, 0.2) is 0 Å². The Balaban J connectivity index is 1.67. The van der Waals surface area contributed by atoms with Gasteiger partial charge in [-0.1, -0.05) is 6.07 Å². The molecule has 0 saturated carbocycles. The Morgan fingerprint density at radius 2 is 1.79 bits per heavy atom. The van der Waals surface area contributed by atoms with Crippen molar-refractivity contribution in [3.8, 4) is 17.0 Å². The molecule has 1 N–H and O–H groups in total. The van der Waals surface area contributed by atoms with Gasteiger partial charge in [0.25, 0.3) is 5.88 Å². The lowest BCUT2D eigenvalue weighted by Crippen LogP contribution is -2.48. The number of benzene rings is 1. The molecule has 29 heavy (non-hydrogen) atoms. The van der Waals surface area contributed by atoms with Crippen molar-refractivity contribution in [1.82, 2.24) is 9.88 Å². The topological polar surface area (TPSA) is 100 Å². The third-order valence-corrected chi connectivity index (χ3v) is 5.96. The first-order valence-electron chi connectivity index (χ1n) is 8.46. The minimum atomic E-state index is -4.79. The highest BCUT2D eigenvalue weighted by atomic mass is 32.2. The summed E-state index contributed by atoms with van der Waals surface area (Å²) in [5.41, 5.74) is -0.0496. The zero-order chi connectivity index (χ0) is 21.0. The van der Waals surface area contributed by atoms with Crippen LogP contribution in [0.25, 0.3) is 11.1 Å². The number of aromatic nitrogens is 1. The molecule has 2 aliphatic carbocycles.